The van der Waals surface area contributed by atoms with Crippen molar-refractivity contribution in [2.45, 2.75) is 13.8 Å². The molecule has 0 radical (unpaired) electrons. The molecule has 0 unspecified atom stereocenters. The predicted octanol–water partition coefficient (Wildman–Crippen LogP) is -39.3. The second-order valence-corrected chi connectivity index (χ2v) is 4.47. The van der Waals surface area contributed by atoms with Gasteiger partial charge >= 0.3 is 0 Å². The summed E-state index contributed by atoms with van der Waals surface area (Å²) in [5, 5.41) is 0. The van der Waals surface area contributed by atoms with Gasteiger partial charge in [-0.1, -0.05) is 13.8 Å². The Morgan fingerprint density at radius 3 is 0.244 bits per heavy atom. The minimum atomic E-state index is 0. The van der Waals surface area contributed by atoms with Crippen molar-refractivity contribution in [2.75, 3.05) is 19.0 Å². The summed E-state index contributed by atoms with van der Waals surface area (Å²) in [4.78, 5) is 0. The summed E-state index contributed by atoms with van der Waals surface area (Å²) in [6, 6.07) is 0. The lowest BCUT2D eigenvalue weighted by atomic mass is 10.8. The van der Waals surface area contributed by atoms with E-state index in [0.29, 0.717) is 7.92 Å². The molecule has 0 saturated heterocycles. The average molecular weight is 588 g/mol. The Bertz CT molecular complexity index is 47.7. The second kappa shape index (κ2) is 1250. The summed E-state index contributed by atoms with van der Waals surface area (Å²) >= 11 is 0. The highest BCUT2D eigenvalue weighted by Crippen LogP contribution is 2.27. The van der Waals surface area contributed by atoms with Gasteiger partial charge in [0.25, 0.3) is 0 Å². The van der Waals surface area contributed by atoms with E-state index >= 15 is 0 Å². The van der Waals surface area contributed by atoms with E-state index in [9.17, 15) is 0 Å². The van der Waals surface area contributed by atoms with Crippen molar-refractivity contribution in [1.29, 1.82) is 0 Å². The normalized spacial score (nSPS) is 1.46. The molecule has 0 fully saturated rings. The van der Waals surface area contributed by atoms with Crippen LogP contribution in [0.3, 0.4) is 0 Å². The highest BCUT2D eigenvalue weighted by molar-refractivity contribution is 7.56. The maximum Gasteiger partial charge on any atom is 0.0814 e. The molecular formula is C5H118B35P. The van der Waals surface area contributed by atoms with Gasteiger partial charge in [0.1, 0.15) is 0 Å². The van der Waals surface area contributed by atoms with E-state index in [1.165, 1.54) is 12.3 Å². The van der Waals surface area contributed by atoms with Gasteiger partial charge in [0, 0.05) is 0 Å². The molecule has 0 aliphatic heterocycles. The average Bonchev–Trinajstić information content (AvgIpc) is 1.65. The van der Waals surface area contributed by atoms with E-state index in [0.717, 1.165) is 0 Å². The maximum absolute atomic E-state index is 2.34. The highest BCUT2D eigenvalue weighted by Gasteiger charge is 1.87. The summed E-state index contributed by atoms with van der Waals surface area (Å²) in [5.41, 5.74) is 0. The summed E-state index contributed by atoms with van der Waals surface area (Å²) < 4.78 is 0. The van der Waals surface area contributed by atoms with Crippen molar-refractivity contribution >= 4 is 302 Å². The number of hydrogen-bond donors (Lipinski definition) is 0. The van der Waals surface area contributed by atoms with E-state index in [2.05, 4.69) is 20.5 Å². The Morgan fingerprint density at radius 1 is 0.195 bits per heavy atom. The second-order valence-electron chi connectivity index (χ2n) is 1.49. The van der Waals surface area contributed by atoms with Crippen LogP contribution in [0.1, 0.15) is 13.8 Å². The van der Waals surface area contributed by atoms with E-state index in [1.807, 2.05) is 0 Å². The van der Waals surface area contributed by atoms with E-state index in [1.54, 1.807) is 0 Å². The predicted molar refractivity (Wildman–Crippen MR) is 382 cm³/mol. The zero-order valence-corrected chi connectivity index (χ0v) is 5.76. The molecule has 0 amide bonds. The lowest BCUT2D eigenvalue weighted by Crippen LogP contribution is -1.75. The maximum atomic E-state index is 2.34. The van der Waals surface area contributed by atoms with Crippen LogP contribution in [-0.4, -0.2) is 313 Å². The summed E-state index contributed by atoms with van der Waals surface area (Å²) in [7, 11) is 0.424. The van der Waals surface area contributed by atoms with Crippen molar-refractivity contribution in [3.05, 3.63) is 0 Å². The summed E-state index contributed by atoms with van der Waals surface area (Å²) in [6.07, 6.45) is 2.79. The molecule has 0 N–H and O–H groups in total. The minimum Gasteiger partial charge on any atom is -0.110 e. The largest absolute Gasteiger partial charge is 0.110 e. The molecule has 0 rings (SSSR count). The van der Waals surface area contributed by atoms with Gasteiger partial charge in [0.05, 0.1) is 294 Å². The van der Waals surface area contributed by atoms with Crippen LogP contribution in [0, 0.1) is 0 Å². The SMILES string of the molecule is B.B.B.B.B.B.B.B.B.B.B.B.B.B.B.B.B.B.B.B.B.B.B.B.B.B.B.B.B.B.B.B.B.B.B.CCP(C)CC. The number of rotatable bonds is 2. The highest BCUT2D eigenvalue weighted by atomic mass is 31.1. The van der Waals surface area contributed by atoms with Crippen molar-refractivity contribution in [2.24, 2.45) is 0 Å². The van der Waals surface area contributed by atoms with Crippen molar-refractivity contribution in [3.8, 4) is 0 Å². The zero-order chi connectivity index (χ0) is 4.99. The van der Waals surface area contributed by atoms with Crippen LogP contribution in [0.15, 0.2) is 0 Å². The standard InChI is InChI=1S/C5H13P.35BH3/c1-4-6(3)5-2;;;;;;;;;;;;;;;;;;;;;;;;;;;;;;;;;;;/h4-5H2,1-3H3;35*1H3. The molecule has 0 bridgehead atoms. The summed E-state index contributed by atoms with van der Waals surface area (Å²) in [6.45, 7) is 6.86. The molecule has 41 heavy (non-hydrogen) atoms. The Balaban J connectivity index is -0.000000000210. The van der Waals surface area contributed by atoms with Crippen LogP contribution in [-0.2, 0) is 0 Å². The first kappa shape index (κ1) is 1340. The fraction of sp³-hybridized carbons (Fsp3) is 1.00. The van der Waals surface area contributed by atoms with Gasteiger partial charge in [-0.2, -0.15) is 0 Å². The molecule has 0 heterocycles. The topological polar surface area (TPSA) is 0 Å². The molecule has 248 valence electrons. The first-order valence-corrected chi connectivity index (χ1v) is 4.65. The Kier molecular flexibility index (Phi) is 41000. The molecule has 36 heteroatoms. The first-order chi connectivity index (χ1) is 2.81. The van der Waals surface area contributed by atoms with Crippen LogP contribution in [0.4, 0.5) is 0 Å². The van der Waals surface area contributed by atoms with E-state index in [-0.39, 0.29) is 294 Å². The third-order valence-electron chi connectivity index (χ3n) is 1.08. The van der Waals surface area contributed by atoms with Gasteiger partial charge in [-0.3, -0.25) is 0 Å². The van der Waals surface area contributed by atoms with Crippen molar-refractivity contribution < 1.29 is 0 Å². The van der Waals surface area contributed by atoms with Gasteiger partial charge in [-0.15, -0.1) is 7.92 Å². The molecule has 0 aliphatic carbocycles. The minimum absolute atomic E-state index is 0. The molecule has 0 aliphatic rings. The Morgan fingerprint density at radius 2 is 0.244 bits per heavy atom. The van der Waals surface area contributed by atoms with E-state index in [4.69, 9.17) is 0 Å². The molecule has 0 spiro atoms. The molecule has 0 nitrogen and oxygen atoms in total. The van der Waals surface area contributed by atoms with Gasteiger partial charge < -0.3 is 0 Å². The molecular weight excluding hydrogens is 469 g/mol. The molecule has 0 saturated carbocycles. The molecule has 0 aromatic heterocycles. The van der Waals surface area contributed by atoms with Gasteiger partial charge in [-0.05, 0) is 19.0 Å². The van der Waals surface area contributed by atoms with Crippen LogP contribution < -0.4 is 0 Å². The first-order valence-electron chi connectivity index (χ1n) is 2.49. The van der Waals surface area contributed by atoms with Gasteiger partial charge in [0.2, 0.25) is 0 Å². The van der Waals surface area contributed by atoms with Crippen LogP contribution >= 0.6 is 7.92 Å². The van der Waals surface area contributed by atoms with Gasteiger partial charge in [-0.25, -0.2) is 0 Å². The third-order valence-corrected chi connectivity index (χ3v) is 3.24. The van der Waals surface area contributed by atoms with E-state index < -0.39 is 0 Å². The fourth-order valence-electron chi connectivity index (χ4n) is 0.224. The molecule has 0 aromatic carbocycles. The summed E-state index contributed by atoms with van der Waals surface area (Å²) in [5.74, 6) is 0. The third kappa shape index (κ3) is 1570. The fourth-order valence-corrected chi connectivity index (χ4v) is 0.671. The Labute approximate surface area is 333 Å². The zero-order valence-electron chi connectivity index (χ0n) is 4.86. The van der Waals surface area contributed by atoms with Crippen LogP contribution in [0.5, 0.6) is 0 Å². The monoisotopic (exact) mass is 595 g/mol. The lowest BCUT2D eigenvalue weighted by Gasteiger charge is -2.00. The molecule has 0 atom stereocenters. The van der Waals surface area contributed by atoms with Gasteiger partial charge in [0.15, 0.2) is 0 Å². The van der Waals surface area contributed by atoms with Crippen LogP contribution in [0.2, 0.25) is 0 Å². The smallest absolute Gasteiger partial charge is 0.0814 e. The quantitative estimate of drug-likeness (QED) is 0.222. The molecule has 0 aromatic rings. The number of hydrogen-bond acceptors (Lipinski definition) is 0. The van der Waals surface area contributed by atoms with Crippen LogP contribution in [0.25, 0.3) is 0 Å². The lowest BCUT2D eigenvalue weighted by molar-refractivity contribution is 1.41. The Hall–Kier alpha value is 2.70. The van der Waals surface area contributed by atoms with Crippen molar-refractivity contribution in [3.63, 3.8) is 0 Å². The van der Waals surface area contributed by atoms with Crippen molar-refractivity contribution in [1.82, 2.24) is 0 Å².